The molecule has 0 heterocycles. The zero-order valence-corrected chi connectivity index (χ0v) is 17.0. The number of Topliss-reactive ketones (excluding diaryl/α,β-unsaturated/α-hetero) is 1. The lowest BCUT2D eigenvalue weighted by atomic mass is 9.44. The van der Waals surface area contributed by atoms with Gasteiger partial charge in [-0.1, -0.05) is 27.7 Å². The van der Waals surface area contributed by atoms with Crippen molar-refractivity contribution in [2.24, 2.45) is 34.0 Å². The normalized spacial score (nSPS) is 50.9. The molecular formula is C21H33F3O3. The van der Waals surface area contributed by atoms with Crippen LogP contribution in [0, 0.1) is 34.0 Å². The number of carbonyl (C=O) groups is 1. The van der Waals surface area contributed by atoms with Gasteiger partial charge in [0.2, 0.25) is 0 Å². The van der Waals surface area contributed by atoms with E-state index in [1.807, 2.05) is 13.8 Å². The molecule has 0 spiro atoms. The summed E-state index contributed by atoms with van der Waals surface area (Å²) in [4.78, 5) is 13.4. The van der Waals surface area contributed by atoms with E-state index in [2.05, 4.69) is 6.92 Å². The van der Waals surface area contributed by atoms with Gasteiger partial charge in [0.05, 0.1) is 18.6 Å². The molecule has 0 aromatic carbocycles. The van der Waals surface area contributed by atoms with Gasteiger partial charge in [-0.2, -0.15) is 13.2 Å². The van der Waals surface area contributed by atoms with E-state index in [0.717, 1.165) is 25.7 Å². The van der Waals surface area contributed by atoms with Crippen molar-refractivity contribution in [3.63, 3.8) is 0 Å². The number of halogens is 3. The fourth-order valence-corrected chi connectivity index (χ4v) is 7.13. The maximum absolute atomic E-state index is 13.4. The Bertz CT molecular complexity index is 606. The lowest BCUT2D eigenvalue weighted by molar-refractivity contribution is -0.207. The number of hydrogen-bond donors (Lipinski definition) is 1. The minimum atomic E-state index is -4.44. The number of rotatable bonds is 2. The van der Waals surface area contributed by atoms with Crippen LogP contribution in [0.15, 0.2) is 0 Å². The van der Waals surface area contributed by atoms with Gasteiger partial charge in [-0.3, -0.25) is 4.79 Å². The van der Waals surface area contributed by atoms with Crippen LogP contribution < -0.4 is 0 Å². The first-order valence-corrected chi connectivity index (χ1v) is 10.1. The molecule has 2 unspecified atom stereocenters. The number of ketones is 1. The third-order valence-electron chi connectivity index (χ3n) is 8.77. The molecule has 0 aromatic heterocycles. The summed E-state index contributed by atoms with van der Waals surface area (Å²) in [6.07, 6.45) is -3.49. The molecule has 3 fully saturated rings. The van der Waals surface area contributed by atoms with Crippen molar-refractivity contribution < 1.29 is 27.8 Å². The summed E-state index contributed by atoms with van der Waals surface area (Å²) in [6, 6.07) is 0. The van der Waals surface area contributed by atoms with Crippen LogP contribution in [-0.2, 0) is 9.53 Å². The minimum absolute atomic E-state index is 0.0110. The van der Waals surface area contributed by atoms with Gasteiger partial charge in [-0.15, -0.1) is 0 Å². The minimum Gasteiger partial charge on any atom is -0.393 e. The van der Waals surface area contributed by atoms with Crippen LogP contribution in [0.5, 0.6) is 0 Å². The van der Waals surface area contributed by atoms with Gasteiger partial charge in [0.1, 0.15) is 5.78 Å². The highest BCUT2D eigenvalue weighted by molar-refractivity contribution is 5.87. The predicted octanol–water partition coefficient (Wildman–Crippen LogP) is 4.76. The van der Waals surface area contributed by atoms with Crippen molar-refractivity contribution in [1.82, 2.24) is 0 Å². The highest BCUT2D eigenvalue weighted by Gasteiger charge is 2.68. The van der Waals surface area contributed by atoms with E-state index in [4.69, 9.17) is 4.74 Å². The summed E-state index contributed by atoms with van der Waals surface area (Å²) >= 11 is 0. The van der Waals surface area contributed by atoms with E-state index >= 15 is 0 Å². The third kappa shape index (κ3) is 2.97. The van der Waals surface area contributed by atoms with Crippen LogP contribution in [0.2, 0.25) is 0 Å². The Hall–Kier alpha value is -0.620. The lowest BCUT2D eigenvalue weighted by Gasteiger charge is -2.61. The van der Waals surface area contributed by atoms with Gasteiger partial charge >= 0.3 is 6.18 Å². The molecule has 8 atom stereocenters. The molecule has 0 saturated heterocycles. The van der Waals surface area contributed by atoms with Crippen molar-refractivity contribution in [2.75, 3.05) is 7.11 Å². The fourth-order valence-electron chi connectivity index (χ4n) is 7.13. The first-order valence-electron chi connectivity index (χ1n) is 10.1. The van der Waals surface area contributed by atoms with Gasteiger partial charge in [0, 0.05) is 23.9 Å². The Labute approximate surface area is 160 Å². The van der Waals surface area contributed by atoms with Crippen LogP contribution in [0.1, 0.15) is 66.2 Å². The SMILES string of the molecule is CO[C@@H]1CCC23CC[C@@H](C)[C@](C)(C12)[C@H](O)C[C@@](C)(CC(F)(F)F)C(=O)[C@@H]3C. The van der Waals surface area contributed by atoms with Crippen LogP contribution in [0.3, 0.4) is 0 Å². The average molecular weight is 390 g/mol. The monoisotopic (exact) mass is 390 g/mol. The molecule has 0 amide bonds. The first-order chi connectivity index (χ1) is 12.3. The van der Waals surface area contributed by atoms with Crippen LogP contribution in [0.4, 0.5) is 13.2 Å². The van der Waals surface area contributed by atoms with Crippen LogP contribution >= 0.6 is 0 Å². The Kier molecular flexibility index (Phi) is 5.04. The summed E-state index contributed by atoms with van der Waals surface area (Å²) in [5.41, 5.74) is -2.52. The van der Waals surface area contributed by atoms with Crippen LogP contribution in [0.25, 0.3) is 0 Å². The summed E-state index contributed by atoms with van der Waals surface area (Å²) in [7, 11) is 1.67. The van der Waals surface area contributed by atoms with Gasteiger partial charge in [0.25, 0.3) is 0 Å². The molecule has 156 valence electrons. The number of aliphatic hydroxyl groups is 1. The van der Waals surface area contributed by atoms with Gasteiger partial charge in [-0.25, -0.2) is 0 Å². The molecular weight excluding hydrogens is 357 g/mol. The Morgan fingerprint density at radius 3 is 2.33 bits per heavy atom. The maximum Gasteiger partial charge on any atom is 0.390 e. The molecule has 3 rings (SSSR count). The van der Waals surface area contributed by atoms with E-state index in [1.54, 1.807) is 7.11 Å². The fraction of sp³-hybridized carbons (Fsp3) is 0.952. The maximum atomic E-state index is 13.4. The molecule has 3 aliphatic carbocycles. The third-order valence-corrected chi connectivity index (χ3v) is 8.77. The molecule has 27 heavy (non-hydrogen) atoms. The zero-order valence-electron chi connectivity index (χ0n) is 17.0. The van der Waals surface area contributed by atoms with Gasteiger partial charge in [-0.05, 0) is 49.4 Å². The summed E-state index contributed by atoms with van der Waals surface area (Å²) in [6.45, 7) is 7.35. The number of methoxy groups -OCH3 is 1. The van der Waals surface area contributed by atoms with E-state index in [0.29, 0.717) is 0 Å². The quantitative estimate of drug-likeness (QED) is 0.739. The van der Waals surface area contributed by atoms with E-state index in [9.17, 15) is 23.1 Å². The highest BCUT2D eigenvalue weighted by atomic mass is 19.4. The van der Waals surface area contributed by atoms with E-state index < -0.39 is 35.4 Å². The molecule has 0 aliphatic heterocycles. The van der Waals surface area contributed by atoms with Crippen molar-refractivity contribution >= 4 is 5.78 Å². The van der Waals surface area contributed by atoms with Crippen molar-refractivity contribution in [3.8, 4) is 0 Å². The number of carbonyl (C=O) groups excluding carboxylic acids is 1. The summed E-state index contributed by atoms with van der Waals surface area (Å²) in [5.74, 6) is -0.647. The Morgan fingerprint density at radius 2 is 1.78 bits per heavy atom. The lowest BCUT2D eigenvalue weighted by Crippen LogP contribution is -2.62. The summed E-state index contributed by atoms with van der Waals surface area (Å²) in [5, 5.41) is 11.3. The number of ether oxygens (including phenoxy) is 1. The smallest absolute Gasteiger partial charge is 0.390 e. The number of aliphatic hydroxyl groups excluding tert-OH is 1. The highest BCUT2D eigenvalue weighted by Crippen LogP contribution is 2.68. The molecule has 3 aliphatic rings. The first kappa shape index (κ1) is 21.1. The second-order valence-electron chi connectivity index (χ2n) is 9.99. The van der Waals surface area contributed by atoms with E-state index in [1.165, 1.54) is 6.92 Å². The summed E-state index contributed by atoms with van der Waals surface area (Å²) < 4.78 is 45.8. The number of hydrogen-bond acceptors (Lipinski definition) is 3. The largest absolute Gasteiger partial charge is 0.393 e. The molecule has 0 aromatic rings. The van der Waals surface area contributed by atoms with E-state index in [-0.39, 0.29) is 35.6 Å². The average Bonchev–Trinajstić information content (AvgIpc) is 2.95. The molecule has 6 heteroatoms. The van der Waals surface area contributed by atoms with Crippen molar-refractivity contribution in [1.29, 1.82) is 0 Å². The van der Waals surface area contributed by atoms with Gasteiger partial charge < -0.3 is 9.84 Å². The second-order valence-corrected chi connectivity index (χ2v) is 9.99. The molecule has 2 bridgehead atoms. The van der Waals surface area contributed by atoms with Crippen molar-refractivity contribution in [3.05, 3.63) is 0 Å². The molecule has 3 saturated carbocycles. The molecule has 3 nitrogen and oxygen atoms in total. The Morgan fingerprint density at radius 1 is 1.19 bits per heavy atom. The second kappa shape index (κ2) is 6.45. The topological polar surface area (TPSA) is 46.5 Å². The zero-order chi connectivity index (χ0) is 20.4. The Balaban J connectivity index is 2.15. The predicted molar refractivity (Wildman–Crippen MR) is 96.0 cm³/mol. The molecule has 0 radical (unpaired) electrons. The van der Waals surface area contributed by atoms with Crippen molar-refractivity contribution in [2.45, 2.75) is 84.6 Å². The van der Waals surface area contributed by atoms with Gasteiger partial charge in [0.15, 0.2) is 0 Å². The van der Waals surface area contributed by atoms with Crippen LogP contribution in [-0.4, -0.2) is 36.4 Å². The number of alkyl halides is 3. The standard InChI is InChI=1S/C21H33F3O3/c1-12-6-8-20-9-7-14(27-5)16(20)19(12,4)15(25)10-18(3,11-21(22,23)24)17(26)13(20)2/h12-16,25H,6-11H2,1-5H3/t12-,13+,14-,15-,16?,18+,19+,20?/m1/s1. The molecule has 1 N–H and O–H groups in total.